The fourth-order valence-electron chi connectivity index (χ4n) is 4.89. The van der Waals surface area contributed by atoms with Crippen molar-refractivity contribution < 1.29 is 13.6 Å². The zero-order chi connectivity index (χ0) is 29.1. The predicted octanol–water partition coefficient (Wildman–Crippen LogP) is 4.73. The number of anilines is 2. The molecule has 0 aliphatic carbocycles. The number of fused-ring (bicyclic) bond motifs is 1. The molecule has 2 aromatic heterocycles. The van der Waals surface area contributed by atoms with Gasteiger partial charge in [-0.2, -0.15) is 9.78 Å². The van der Waals surface area contributed by atoms with Crippen LogP contribution in [0.5, 0.6) is 0 Å². The summed E-state index contributed by atoms with van der Waals surface area (Å²) < 4.78 is 31.3. The molecule has 0 saturated carbocycles. The van der Waals surface area contributed by atoms with Crippen molar-refractivity contribution in [2.45, 2.75) is 52.5 Å². The van der Waals surface area contributed by atoms with Gasteiger partial charge in [0.05, 0.1) is 16.9 Å². The van der Waals surface area contributed by atoms with E-state index in [4.69, 9.17) is 10.7 Å². The Morgan fingerprint density at radius 2 is 1.68 bits per heavy atom. The molecule has 40 heavy (non-hydrogen) atoms. The molecule has 0 bridgehead atoms. The van der Waals surface area contributed by atoms with E-state index in [-0.39, 0.29) is 17.7 Å². The van der Waals surface area contributed by atoms with Crippen LogP contribution in [-0.4, -0.2) is 44.4 Å². The molecule has 11 heteroatoms. The minimum Gasteiger partial charge on any atom is -0.368 e. The number of halogens is 2. The number of benzene rings is 2. The molecular weight excluding hydrogens is 516 g/mol. The molecule has 2 aromatic carbocycles. The van der Waals surface area contributed by atoms with Crippen LogP contribution < -0.4 is 21.5 Å². The first-order valence-corrected chi connectivity index (χ1v) is 13.5. The molecular formula is C29H35F2N7O2. The van der Waals surface area contributed by atoms with Crippen molar-refractivity contribution in [1.82, 2.24) is 19.3 Å². The van der Waals surface area contributed by atoms with E-state index in [0.717, 1.165) is 53.6 Å². The number of amides is 1. The molecule has 3 N–H and O–H groups in total. The summed E-state index contributed by atoms with van der Waals surface area (Å²) in [7, 11) is 1.97. The van der Waals surface area contributed by atoms with E-state index < -0.39 is 28.8 Å². The lowest BCUT2D eigenvalue weighted by Crippen LogP contribution is -2.40. The van der Waals surface area contributed by atoms with Crippen molar-refractivity contribution in [3.05, 3.63) is 76.0 Å². The zero-order valence-corrected chi connectivity index (χ0v) is 23.4. The molecule has 1 aliphatic heterocycles. The average molecular weight is 552 g/mol. The van der Waals surface area contributed by atoms with Gasteiger partial charge in [-0.05, 0) is 43.2 Å². The number of hydrogen-bond acceptors (Lipinski definition) is 6. The van der Waals surface area contributed by atoms with Gasteiger partial charge in [0.1, 0.15) is 22.7 Å². The molecule has 0 atom stereocenters. The van der Waals surface area contributed by atoms with E-state index in [1.165, 1.54) is 12.1 Å². The number of imidazole rings is 1. The van der Waals surface area contributed by atoms with Gasteiger partial charge in [0.2, 0.25) is 0 Å². The highest BCUT2D eigenvalue weighted by molar-refractivity contribution is 6.08. The number of carbonyl (C=O) groups is 1. The number of nitrogens with one attached hydrogen (secondary N) is 1. The third-order valence-electron chi connectivity index (χ3n) is 6.86. The molecule has 4 aromatic rings. The van der Waals surface area contributed by atoms with Crippen molar-refractivity contribution >= 4 is 28.3 Å². The quantitative estimate of drug-likeness (QED) is 0.371. The molecule has 1 saturated heterocycles. The molecule has 3 heterocycles. The summed E-state index contributed by atoms with van der Waals surface area (Å²) >= 11 is 0. The van der Waals surface area contributed by atoms with E-state index >= 15 is 0 Å². The van der Waals surface area contributed by atoms with Crippen molar-refractivity contribution in [3.8, 4) is 5.69 Å². The lowest BCUT2D eigenvalue weighted by Gasteiger charge is -2.33. The Bertz CT molecular complexity index is 1570. The first kappa shape index (κ1) is 28.9. The minimum absolute atomic E-state index is 0.113. The summed E-state index contributed by atoms with van der Waals surface area (Å²) in [6.07, 6.45) is 1.60. The van der Waals surface area contributed by atoms with E-state index in [2.05, 4.69) is 29.2 Å². The van der Waals surface area contributed by atoms with Crippen LogP contribution in [0.2, 0.25) is 0 Å². The van der Waals surface area contributed by atoms with Crippen LogP contribution in [0.25, 0.3) is 16.7 Å². The SMILES string of the molecule is CC.CC(C)c1nc2c(N3CCC(N)CC3)c(NC(=O)c3ccc(=O)n(-c4c(F)cccc4F)n3)ccc2n1C. The topological polar surface area (TPSA) is 111 Å². The van der Waals surface area contributed by atoms with Crippen LogP contribution in [0.3, 0.4) is 0 Å². The van der Waals surface area contributed by atoms with Crippen LogP contribution in [0.4, 0.5) is 20.2 Å². The van der Waals surface area contributed by atoms with Gasteiger partial charge in [0.15, 0.2) is 11.6 Å². The summed E-state index contributed by atoms with van der Waals surface area (Å²) in [5.41, 5.74) is 7.53. The third-order valence-corrected chi connectivity index (χ3v) is 6.86. The zero-order valence-electron chi connectivity index (χ0n) is 23.4. The largest absolute Gasteiger partial charge is 0.368 e. The predicted molar refractivity (Wildman–Crippen MR) is 153 cm³/mol. The lowest BCUT2D eigenvalue weighted by molar-refractivity contribution is 0.102. The molecule has 9 nitrogen and oxygen atoms in total. The molecule has 1 fully saturated rings. The first-order chi connectivity index (χ1) is 19.2. The Hall–Kier alpha value is -4.12. The smallest absolute Gasteiger partial charge is 0.276 e. The van der Waals surface area contributed by atoms with Gasteiger partial charge < -0.3 is 20.5 Å². The van der Waals surface area contributed by atoms with Crippen molar-refractivity contribution in [3.63, 3.8) is 0 Å². The molecule has 1 aliphatic rings. The van der Waals surface area contributed by atoms with E-state index in [1.54, 1.807) is 0 Å². The Balaban J connectivity index is 0.00000181. The number of aromatic nitrogens is 4. The maximum atomic E-state index is 14.4. The first-order valence-electron chi connectivity index (χ1n) is 13.5. The highest BCUT2D eigenvalue weighted by Gasteiger charge is 2.25. The number of nitrogens with zero attached hydrogens (tertiary/aromatic N) is 5. The fraction of sp³-hybridized carbons (Fsp3) is 0.379. The van der Waals surface area contributed by atoms with Gasteiger partial charge in [-0.3, -0.25) is 9.59 Å². The van der Waals surface area contributed by atoms with Crippen LogP contribution in [0, 0.1) is 11.6 Å². The minimum atomic E-state index is -0.968. The summed E-state index contributed by atoms with van der Waals surface area (Å²) in [6, 6.07) is 9.31. The second-order valence-corrected chi connectivity index (χ2v) is 9.83. The van der Waals surface area contributed by atoms with Gasteiger partial charge in [0.25, 0.3) is 11.5 Å². The Morgan fingerprint density at radius 1 is 1.02 bits per heavy atom. The molecule has 0 spiro atoms. The Kier molecular flexibility index (Phi) is 8.63. The number of nitrogens with two attached hydrogens (primary N) is 1. The van der Waals surface area contributed by atoms with Gasteiger partial charge >= 0.3 is 0 Å². The van der Waals surface area contributed by atoms with Gasteiger partial charge in [-0.1, -0.05) is 33.8 Å². The Morgan fingerprint density at radius 3 is 2.30 bits per heavy atom. The number of rotatable bonds is 5. The maximum absolute atomic E-state index is 14.4. The number of carbonyl (C=O) groups excluding carboxylic acids is 1. The van der Waals surface area contributed by atoms with Crippen LogP contribution in [0.1, 0.15) is 62.8 Å². The van der Waals surface area contributed by atoms with Gasteiger partial charge in [-0.25, -0.2) is 13.8 Å². The standard InChI is InChI=1S/C27H29F2N7O2.C2H6/c1-15(2)26-32-23-21(34(26)3)9-7-19(25(23)35-13-11-16(30)12-14-35)31-27(38)20-8-10-22(37)36(33-20)24-17(28)5-4-6-18(24)29;1-2/h4-10,15-16H,11-14,30H2,1-3H3,(H,31,38);1-2H3. The van der Waals surface area contributed by atoms with E-state index in [1.807, 2.05) is 37.6 Å². The van der Waals surface area contributed by atoms with E-state index in [0.29, 0.717) is 23.5 Å². The van der Waals surface area contributed by atoms with Crippen molar-refractivity contribution in [2.24, 2.45) is 12.8 Å². The van der Waals surface area contributed by atoms with Crippen LogP contribution in [0.15, 0.2) is 47.3 Å². The maximum Gasteiger partial charge on any atom is 0.276 e. The highest BCUT2D eigenvalue weighted by Crippen LogP contribution is 2.37. The summed E-state index contributed by atoms with van der Waals surface area (Å²) in [4.78, 5) is 32.8. The highest BCUT2D eigenvalue weighted by atomic mass is 19.1. The summed E-state index contributed by atoms with van der Waals surface area (Å²) in [6.45, 7) is 9.55. The second-order valence-electron chi connectivity index (χ2n) is 9.83. The summed E-state index contributed by atoms with van der Waals surface area (Å²) in [5, 5.41) is 6.86. The lowest BCUT2D eigenvalue weighted by atomic mass is 10.0. The van der Waals surface area contributed by atoms with Gasteiger partial charge in [-0.15, -0.1) is 0 Å². The van der Waals surface area contributed by atoms with Crippen molar-refractivity contribution in [1.29, 1.82) is 0 Å². The third kappa shape index (κ3) is 5.46. The van der Waals surface area contributed by atoms with Gasteiger partial charge in [0, 0.05) is 38.2 Å². The van der Waals surface area contributed by atoms with Crippen molar-refractivity contribution in [2.75, 3.05) is 23.3 Å². The fourth-order valence-corrected chi connectivity index (χ4v) is 4.89. The average Bonchev–Trinajstić information content (AvgIpc) is 3.27. The van der Waals surface area contributed by atoms with Crippen LogP contribution >= 0.6 is 0 Å². The molecule has 5 rings (SSSR count). The summed E-state index contributed by atoms with van der Waals surface area (Å²) in [5.74, 6) is -1.46. The molecule has 0 unspecified atom stereocenters. The normalized spacial score (nSPS) is 13.9. The van der Waals surface area contributed by atoms with Crippen LogP contribution in [-0.2, 0) is 7.05 Å². The number of piperidine rings is 1. The monoisotopic (exact) mass is 551 g/mol. The Labute approximate surface area is 231 Å². The number of aryl methyl sites for hydroxylation is 1. The molecule has 0 radical (unpaired) electrons. The molecule has 212 valence electrons. The van der Waals surface area contributed by atoms with E-state index in [9.17, 15) is 18.4 Å². The second kappa shape index (κ2) is 12.0. The molecule has 1 amide bonds. The number of para-hydroxylation sites is 1. The number of hydrogen-bond donors (Lipinski definition) is 2.